The van der Waals surface area contributed by atoms with E-state index in [0.717, 1.165) is 31.1 Å². The summed E-state index contributed by atoms with van der Waals surface area (Å²) in [5.74, 6) is 0.855. The van der Waals surface area contributed by atoms with Crippen LogP contribution in [0.3, 0.4) is 0 Å². The van der Waals surface area contributed by atoms with Gasteiger partial charge in [-0.3, -0.25) is 15.0 Å². The monoisotopic (exact) mass is 354 g/mol. The van der Waals surface area contributed by atoms with E-state index in [1.165, 1.54) is 32.1 Å². The van der Waals surface area contributed by atoms with Crippen molar-refractivity contribution >= 4 is 21.6 Å². The first kappa shape index (κ1) is 16.4. The molecule has 5 heteroatoms. The molecular weight excluding hydrogens is 332 g/mol. The molecule has 0 spiro atoms. The Bertz CT molecular complexity index is 493. The van der Waals surface area contributed by atoms with Crippen molar-refractivity contribution in [2.75, 3.05) is 13.1 Å². The number of likely N-dealkylation sites (tertiary alicyclic amines) is 1. The Hall–Kier alpha value is -0.940. The van der Waals surface area contributed by atoms with Gasteiger partial charge in [-0.25, -0.2) is 0 Å². The molecule has 4 nitrogen and oxygen atoms in total. The van der Waals surface area contributed by atoms with Gasteiger partial charge in [0.25, 0.3) is 5.69 Å². The van der Waals surface area contributed by atoms with Crippen LogP contribution in [-0.4, -0.2) is 22.9 Å². The van der Waals surface area contributed by atoms with Crippen LogP contribution in [0.1, 0.15) is 44.6 Å². The fourth-order valence-electron chi connectivity index (χ4n) is 3.15. The molecule has 0 aromatic heterocycles. The van der Waals surface area contributed by atoms with E-state index in [4.69, 9.17) is 0 Å². The molecule has 1 atom stereocenters. The van der Waals surface area contributed by atoms with Crippen molar-refractivity contribution in [1.29, 1.82) is 0 Å². The van der Waals surface area contributed by atoms with E-state index in [-0.39, 0.29) is 10.6 Å². The number of hydrogen-bond donors (Lipinski definition) is 0. The van der Waals surface area contributed by atoms with Crippen LogP contribution < -0.4 is 0 Å². The Morgan fingerprint density at radius 2 is 2.19 bits per heavy atom. The number of nitro benzene ring substituents is 1. The molecule has 0 aliphatic carbocycles. The predicted molar refractivity (Wildman–Crippen MR) is 88.3 cm³/mol. The zero-order valence-corrected chi connectivity index (χ0v) is 14.1. The van der Waals surface area contributed by atoms with Gasteiger partial charge >= 0.3 is 0 Å². The number of nitro groups is 1. The number of nitrogens with zero attached hydrogens (tertiary/aromatic N) is 2. The summed E-state index contributed by atoms with van der Waals surface area (Å²) >= 11 is 3.40. The Kier molecular flexibility index (Phi) is 6.18. The molecular formula is C16H23BrN2O2. The fourth-order valence-corrected chi connectivity index (χ4v) is 3.68. The van der Waals surface area contributed by atoms with Crippen molar-refractivity contribution in [3.63, 3.8) is 0 Å². The van der Waals surface area contributed by atoms with E-state index in [9.17, 15) is 10.1 Å². The zero-order valence-electron chi connectivity index (χ0n) is 12.6. The van der Waals surface area contributed by atoms with E-state index in [0.29, 0.717) is 4.47 Å². The first-order valence-corrected chi connectivity index (χ1v) is 8.55. The molecule has 1 aromatic rings. The molecule has 1 heterocycles. The Morgan fingerprint density at radius 3 is 2.90 bits per heavy atom. The van der Waals surface area contributed by atoms with Crippen molar-refractivity contribution in [3.05, 3.63) is 38.3 Å². The molecule has 116 valence electrons. The lowest BCUT2D eigenvalue weighted by molar-refractivity contribution is -0.385. The Labute approximate surface area is 134 Å². The maximum atomic E-state index is 11.0. The standard InChI is InChI=1S/C16H23BrN2O2/c1-2-5-13-6-4-10-18(11-9-13)12-14-7-3-8-15(16(14)17)19(20)21/h3,7-8,13H,2,4-6,9-12H2,1H3. The highest BCUT2D eigenvalue weighted by molar-refractivity contribution is 9.10. The number of halogens is 1. The van der Waals surface area contributed by atoms with Crippen LogP contribution in [0.4, 0.5) is 5.69 Å². The Balaban J connectivity index is 2.02. The second-order valence-corrected chi connectivity index (χ2v) is 6.66. The third-order valence-corrected chi connectivity index (χ3v) is 5.20. The summed E-state index contributed by atoms with van der Waals surface area (Å²) in [6.07, 6.45) is 6.40. The lowest BCUT2D eigenvalue weighted by Crippen LogP contribution is -2.24. The maximum absolute atomic E-state index is 11.0. The average Bonchev–Trinajstić information content (AvgIpc) is 2.67. The fraction of sp³-hybridized carbons (Fsp3) is 0.625. The second kappa shape index (κ2) is 7.90. The van der Waals surface area contributed by atoms with Gasteiger partial charge in [0.05, 0.1) is 9.40 Å². The molecule has 21 heavy (non-hydrogen) atoms. The Morgan fingerprint density at radius 1 is 1.38 bits per heavy atom. The number of benzene rings is 1. The predicted octanol–water partition coefficient (Wildman–Crippen LogP) is 4.76. The quantitative estimate of drug-likeness (QED) is 0.565. The van der Waals surface area contributed by atoms with Gasteiger partial charge in [0, 0.05) is 12.6 Å². The van der Waals surface area contributed by atoms with Gasteiger partial charge in [-0.05, 0) is 59.8 Å². The molecule has 0 amide bonds. The number of rotatable bonds is 5. The van der Waals surface area contributed by atoms with Crippen LogP contribution in [0.25, 0.3) is 0 Å². The molecule has 1 aliphatic heterocycles. The summed E-state index contributed by atoms with van der Waals surface area (Å²) in [7, 11) is 0. The van der Waals surface area contributed by atoms with Crippen molar-refractivity contribution in [2.45, 2.75) is 45.6 Å². The van der Waals surface area contributed by atoms with E-state index >= 15 is 0 Å². The smallest absolute Gasteiger partial charge is 0.283 e. The van der Waals surface area contributed by atoms with Gasteiger partial charge in [0.15, 0.2) is 0 Å². The lowest BCUT2D eigenvalue weighted by Gasteiger charge is -2.20. The minimum Gasteiger partial charge on any atom is -0.299 e. The third-order valence-electron chi connectivity index (χ3n) is 4.29. The molecule has 1 saturated heterocycles. The van der Waals surface area contributed by atoms with Gasteiger partial charge in [-0.15, -0.1) is 0 Å². The van der Waals surface area contributed by atoms with Gasteiger partial charge in [0.2, 0.25) is 0 Å². The summed E-state index contributed by atoms with van der Waals surface area (Å²) < 4.78 is 0.629. The topological polar surface area (TPSA) is 46.4 Å². The third kappa shape index (κ3) is 4.51. The molecule has 0 saturated carbocycles. The van der Waals surface area contributed by atoms with E-state index in [2.05, 4.69) is 27.8 Å². The molecule has 1 aliphatic rings. The van der Waals surface area contributed by atoms with Crippen LogP contribution in [0.15, 0.2) is 22.7 Å². The molecule has 0 N–H and O–H groups in total. The van der Waals surface area contributed by atoms with Crippen molar-refractivity contribution in [1.82, 2.24) is 4.90 Å². The largest absolute Gasteiger partial charge is 0.299 e. The van der Waals surface area contributed by atoms with Gasteiger partial charge in [-0.1, -0.05) is 31.9 Å². The van der Waals surface area contributed by atoms with Crippen LogP contribution in [-0.2, 0) is 6.54 Å². The molecule has 1 unspecified atom stereocenters. The minimum absolute atomic E-state index is 0.159. The maximum Gasteiger partial charge on any atom is 0.283 e. The van der Waals surface area contributed by atoms with Crippen molar-refractivity contribution in [3.8, 4) is 0 Å². The van der Waals surface area contributed by atoms with Crippen LogP contribution in [0.5, 0.6) is 0 Å². The summed E-state index contributed by atoms with van der Waals surface area (Å²) in [4.78, 5) is 13.1. The highest BCUT2D eigenvalue weighted by Crippen LogP contribution is 2.30. The highest BCUT2D eigenvalue weighted by atomic mass is 79.9. The van der Waals surface area contributed by atoms with E-state index in [1.54, 1.807) is 12.1 Å². The highest BCUT2D eigenvalue weighted by Gasteiger charge is 2.19. The SMILES string of the molecule is CCCC1CCCN(Cc2cccc([N+](=O)[O-])c2Br)CC1. The lowest BCUT2D eigenvalue weighted by atomic mass is 9.96. The first-order chi connectivity index (χ1) is 10.1. The zero-order chi connectivity index (χ0) is 15.2. The van der Waals surface area contributed by atoms with Gasteiger partial charge < -0.3 is 0 Å². The summed E-state index contributed by atoms with van der Waals surface area (Å²) in [6, 6.07) is 5.30. The minimum atomic E-state index is -0.326. The molecule has 1 fully saturated rings. The number of hydrogen-bond acceptors (Lipinski definition) is 3. The van der Waals surface area contributed by atoms with Gasteiger partial charge in [0.1, 0.15) is 0 Å². The first-order valence-electron chi connectivity index (χ1n) is 7.76. The van der Waals surface area contributed by atoms with E-state index in [1.807, 2.05) is 6.07 Å². The van der Waals surface area contributed by atoms with E-state index < -0.39 is 0 Å². The van der Waals surface area contributed by atoms with Crippen LogP contribution >= 0.6 is 15.9 Å². The second-order valence-electron chi connectivity index (χ2n) is 5.87. The molecule has 0 bridgehead atoms. The molecule has 0 radical (unpaired) electrons. The van der Waals surface area contributed by atoms with Gasteiger partial charge in [-0.2, -0.15) is 0 Å². The normalized spacial score (nSPS) is 20.2. The van der Waals surface area contributed by atoms with Crippen molar-refractivity contribution < 1.29 is 4.92 Å². The summed E-state index contributed by atoms with van der Waals surface area (Å²) in [6.45, 7) is 5.24. The molecule has 2 rings (SSSR count). The van der Waals surface area contributed by atoms with Crippen LogP contribution in [0.2, 0.25) is 0 Å². The van der Waals surface area contributed by atoms with Crippen LogP contribution in [0, 0.1) is 16.0 Å². The average molecular weight is 355 g/mol. The summed E-state index contributed by atoms with van der Waals surface area (Å²) in [5, 5.41) is 11.0. The summed E-state index contributed by atoms with van der Waals surface area (Å²) in [5.41, 5.74) is 1.17. The molecule has 1 aromatic carbocycles. The van der Waals surface area contributed by atoms with Crippen molar-refractivity contribution in [2.24, 2.45) is 5.92 Å².